The molecule has 0 heterocycles. The van der Waals surface area contributed by atoms with Gasteiger partial charge in [-0.05, 0) is 29.8 Å². The molecule has 2 aromatic carbocycles. The van der Waals surface area contributed by atoms with Crippen LogP contribution in [0.25, 0.3) is 0 Å². The summed E-state index contributed by atoms with van der Waals surface area (Å²) in [4.78, 5) is 0. The van der Waals surface area contributed by atoms with Crippen molar-refractivity contribution >= 4 is 27.5 Å². The lowest BCUT2D eigenvalue weighted by molar-refractivity contribution is 0.409. The molecule has 94 valence electrons. The zero-order chi connectivity index (χ0) is 13.1. The number of halogens is 3. The van der Waals surface area contributed by atoms with Crippen molar-refractivity contribution in [1.29, 1.82) is 0 Å². The van der Waals surface area contributed by atoms with E-state index in [1.54, 1.807) is 13.2 Å². The lowest BCUT2D eigenvalue weighted by Crippen LogP contribution is -1.99. The van der Waals surface area contributed by atoms with Crippen LogP contribution in [-0.4, -0.2) is 7.11 Å². The first-order valence-corrected chi connectivity index (χ1v) is 6.58. The third-order valence-electron chi connectivity index (χ3n) is 2.64. The standard InChI is InChI=1S/C14H11BrClFO/c1-18-13-7-6-9(17)8-11(13)14(16)10-4-2-3-5-12(10)15/h2-8,14H,1H3. The molecule has 18 heavy (non-hydrogen) atoms. The molecule has 0 saturated carbocycles. The Morgan fingerprint density at radius 2 is 1.89 bits per heavy atom. The lowest BCUT2D eigenvalue weighted by Gasteiger charge is -2.15. The highest BCUT2D eigenvalue weighted by atomic mass is 79.9. The van der Waals surface area contributed by atoms with Crippen LogP contribution in [0, 0.1) is 5.82 Å². The van der Waals surface area contributed by atoms with E-state index in [4.69, 9.17) is 16.3 Å². The van der Waals surface area contributed by atoms with Crippen molar-refractivity contribution < 1.29 is 9.13 Å². The summed E-state index contributed by atoms with van der Waals surface area (Å²) in [7, 11) is 1.54. The molecule has 0 radical (unpaired) electrons. The van der Waals surface area contributed by atoms with Gasteiger partial charge in [0.15, 0.2) is 0 Å². The Morgan fingerprint density at radius 1 is 1.17 bits per heavy atom. The fraction of sp³-hybridized carbons (Fsp3) is 0.143. The summed E-state index contributed by atoms with van der Waals surface area (Å²) < 4.78 is 19.4. The maximum atomic E-state index is 13.3. The summed E-state index contributed by atoms with van der Waals surface area (Å²) in [5.74, 6) is 0.246. The van der Waals surface area contributed by atoms with E-state index in [2.05, 4.69) is 15.9 Å². The van der Waals surface area contributed by atoms with Crippen LogP contribution in [0.5, 0.6) is 5.75 Å². The fourth-order valence-electron chi connectivity index (χ4n) is 1.75. The average molecular weight is 330 g/mol. The average Bonchev–Trinajstić information content (AvgIpc) is 2.38. The van der Waals surface area contributed by atoms with Gasteiger partial charge in [0.1, 0.15) is 11.6 Å². The van der Waals surface area contributed by atoms with Gasteiger partial charge in [0.25, 0.3) is 0 Å². The second-order valence-electron chi connectivity index (χ2n) is 3.77. The van der Waals surface area contributed by atoms with Gasteiger partial charge in [0.2, 0.25) is 0 Å². The van der Waals surface area contributed by atoms with Crippen LogP contribution in [0.4, 0.5) is 4.39 Å². The van der Waals surface area contributed by atoms with Crippen molar-refractivity contribution in [2.45, 2.75) is 5.38 Å². The van der Waals surface area contributed by atoms with E-state index in [1.807, 2.05) is 24.3 Å². The van der Waals surface area contributed by atoms with Gasteiger partial charge < -0.3 is 4.74 Å². The first kappa shape index (κ1) is 13.4. The van der Waals surface area contributed by atoms with Gasteiger partial charge in [0.05, 0.1) is 12.5 Å². The summed E-state index contributed by atoms with van der Waals surface area (Å²) in [6, 6.07) is 11.9. The predicted octanol–water partition coefficient (Wildman–Crippen LogP) is 4.93. The van der Waals surface area contributed by atoms with Crippen molar-refractivity contribution in [3.8, 4) is 5.75 Å². The molecule has 2 rings (SSSR count). The molecule has 2 aromatic rings. The molecule has 1 atom stereocenters. The molecule has 0 saturated heterocycles. The maximum Gasteiger partial charge on any atom is 0.124 e. The largest absolute Gasteiger partial charge is 0.496 e. The van der Waals surface area contributed by atoms with Crippen LogP contribution < -0.4 is 4.74 Å². The molecule has 1 nitrogen and oxygen atoms in total. The van der Waals surface area contributed by atoms with Crippen molar-refractivity contribution in [3.05, 3.63) is 63.9 Å². The zero-order valence-corrected chi connectivity index (χ0v) is 12.0. The number of rotatable bonds is 3. The normalized spacial score (nSPS) is 12.2. The Balaban J connectivity index is 2.48. The van der Waals surface area contributed by atoms with E-state index < -0.39 is 5.38 Å². The third kappa shape index (κ3) is 2.68. The molecule has 0 amide bonds. The van der Waals surface area contributed by atoms with Crippen LogP contribution in [0.3, 0.4) is 0 Å². The van der Waals surface area contributed by atoms with Gasteiger partial charge in [0, 0.05) is 10.0 Å². The maximum absolute atomic E-state index is 13.3. The van der Waals surface area contributed by atoms with Gasteiger partial charge in [-0.25, -0.2) is 4.39 Å². The summed E-state index contributed by atoms with van der Waals surface area (Å²) in [6.07, 6.45) is 0. The highest BCUT2D eigenvalue weighted by Crippen LogP contribution is 2.38. The zero-order valence-electron chi connectivity index (χ0n) is 9.66. The van der Waals surface area contributed by atoms with Gasteiger partial charge in [-0.3, -0.25) is 0 Å². The van der Waals surface area contributed by atoms with E-state index in [0.717, 1.165) is 10.0 Å². The Kier molecular flexibility index (Phi) is 4.25. The first-order valence-electron chi connectivity index (χ1n) is 5.35. The highest BCUT2D eigenvalue weighted by Gasteiger charge is 2.18. The van der Waals surface area contributed by atoms with Crippen LogP contribution in [0.15, 0.2) is 46.9 Å². The Labute approximate surface area is 119 Å². The van der Waals surface area contributed by atoms with E-state index >= 15 is 0 Å². The number of hydrogen-bond acceptors (Lipinski definition) is 1. The minimum atomic E-state index is -0.466. The topological polar surface area (TPSA) is 9.23 Å². The monoisotopic (exact) mass is 328 g/mol. The quantitative estimate of drug-likeness (QED) is 0.726. The van der Waals surface area contributed by atoms with Crippen LogP contribution >= 0.6 is 27.5 Å². The van der Waals surface area contributed by atoms with E-state index in [0.29, 0.717) is 11.3 Å². The SMILES string of the molecule is COc1ccc(F)cc1C(Cl)c1ccccc1Br. The Morgan fingerprint density at radius 3 is 2.56 bits per heavy atom. The minimum absolute atomic E-state index is 0.330. The molecule has 0 aliphatic carbocycles. The molecule has 0 spiro atoms. The lowest BCUT2D eigenvalue weighted by atomic mass is 10.0. The van der Waals surface area contributed by atoms with Crippen LogP contribution in [0.2, 0.25) is 0 Å². The fourth-order valence-corrected chi connectivity index (χ4v) is 2.76. The third-order valence-corrected chi connectivity index (χ3v) is 3.84. The second kappa shape index (κ2) is 5.72. The summed E-state index contributed by atoms with van der Waals surface area (Å²) in [6.45, 7) is 0. The predicted molar refractivity (Wildman–Crippen MR) is 74.8 cm³/mol. The smallest absolute Gasteiger partial charge is 0.124 e. The molecular weight excluding hydrogens is 319 g/mol. The molecule has 0 bridgehead atoms. The molecule has 0 aliphatic rings. The Hall–Kier alpha value is -1.06. The molecule has 0 aromatic heterocycles. The number of ether oxygens (including phenoxy) is 1. The molecule has 0 N–H and O–H groups in total. The van der Waals surface area contributed by atoms with Crippen molar-refractivity contribution in [2.75, 3.05) is 7.11 Å². The number of hydrogen-bond donors (Lipinski definition) is 0. The van der Waals surface area contributed by atoms with Crippen molar-refractivity contribution in [3.63, 3.8) is 0 Å². The van der Waals surface area contributed by atoms with Crippen molar-refractivity contribution in [1.82, 2.24) is 0 Å². The number of methoxy groups -OCH3 is 1. The van der Waals surface area contributed by atoms with Gasteiger partial charge >= 0.3 is 0 Å². The van der Waals surface area contributed by atoms with Gasteiger partial charge in [-0.1, -0.05) is 34.1 Å². The molecule has 1 unspecified atom stereocenters. The highest BCUT2D eigenvalue weighted by molar-refractivity contribution is 9.10. The number of benzene rings is 2. The van der Waals surface area contributed by atoms with Gasteiger partial charge in [-0.15, -0.1) is 11.6 Å². The van der Waals surface area contributed by atoms with E-state index in [1.165, 1.54) is 12.1 Å². The summed E-state index contributed by atoms with van der Waals surface area (Å²) in [5.41, 5.74) is 1.49. The van der Waals surface area contributed by atoms with Crippen LogP contribution in [0.1, 0.15) is 16.5 Å². The van der Waals surface area contributed by atoms with E-state index in [9.17, 15) is 4.39 Å². The minimum Gasteiger partial charge on any atom is -0.496 e. The molecule has 0 fully saturated rings. The number of alkyl halides is 1. The Bertz CT molecular complexity index is 559. The molecular formula is C14H11BrClFO. The first-order chi connectivity index (χ1) is 8.63. The van der Waals surface area contributed by atoms with Crippen molar-refractivity contribution in [2.24, 2.45) is 0 Å². The molecule has 4 heteroatoms. The van der Waals surface area contributed by atoms with Gasteiger partial charge in [-0.2, -0.15) is 0 Å². The molecule has 0 aliphatic heterocycles. The summed E-state index contributed by atoms with van der Waals surface area (Å²) in [5, 5.41) is -0.466. The second-order valence-corrected chi connectivity index (χ2v) is 5.06. The van der Waals surface area contributed by atoms with E-state index in [-0.39, 0.29) is 5.82 Å². The van der Waals surface area contributed by atoms with Crippen LogP contribution in [-0.2, 0) is 0 Å². The summed E-state index contributed by atoms with van der Waals surface area (Å²) >= 11 is 9.86.